The monoisotopic (exact) mass is 347 g/mol. The highest BCUT2D eigenvalue weighted by molar-refractivity contribution is 9.11. The summed E-state index contributed by atoms with van der Waals surface area (Å²) in [6.45, 7) is 0. The van der Waals surface area contributed by atoms with E-state index in [4.69, 9.17) is 10.00 Å². The second-order valence-corrected chi connectivity index (χ2v) is 6.20. The fourth-order valence-corrected chi connectivity index (χ4v) is 2.75. The van der Waals surface area contributed by atoms with Gasteiger partial charge < -0.3 is 4.74 Å². The molecule has 100 valence electrons. The molecule has 3 nitrogen and oxygen atoms in total. The molecule has 1 heterocycles. The van der Waals surface area contributed by atoms with Crippen molar-refractivity contribution in [3.8, 4) is 11.8 Å². The molecule has 1 aromatic carbocycles. The Bertz CT molecular complexity index is 695. The van der Waals surface area contributed by atoms with E-state index in [1.165, 1.54) is 11.3 Å². The number of ketones is 1. The molecule has 0 radical (unpaired) electrons. The number of rotatable bonds is 4. The van der Waals surface area contributed by atoms with Crippen LogP contribution in [0.3, 0.4) is 0 Å². The SMILES string of the molecule is COc1ccc(C(=O)/C(C#N)=C/c2csc(Br)c2)cc1. The number of halogens is 1. The molecule has 20 heavy (non-hydrogen) atoms. The van der Waals surface area contributed by atoms with Crippen molar-refractivity contribution in [3.63, 3.8) is 0 Å². The van der Waals surface area contributed by atoms with Crippen LogP contribution in [0.25, 0.3) is 6.08 Å². The minimum Gasteiger partial charge on any atom is -0.497 e. The minimum absolute atomic E-state index is 0.112. The first-order valence-corrected chi connectivity index (χ1v) is 7.36. The maximum atomic E-state index is 12.2. The summed E-state index contributed by atoms with van der Waals surface area (Å²) in [6, 6.07) is 10.5. The third kappa shape index (κ3) is 3.35. The summed E-state index contributed by atoms with van der Waals surface area (Å²) in [7, 11) is 1.56. The van der Waals surface area contributed by atoms with E-state index >= 15 is 0 Å². The fourth-order valence-electron chi connectivity index (χ4n) is 1.61. The van der Waals surface area contributed by atoms with Crippen molar-refractivity contribution in [1.29, 1.82) is 5.26 Å². The summed E-state index contributed by atoms with van der Waals surface area (Å²) in [5.74, 6) is 0.378. The zero-order valence-electron chi connectivity index (χ0n) is 10.6. The van der Waals surface area contributed by atoms with Crippen LogP contribution in [0.4, 0.5) is 0 Å². The number of methoxy groups -OCH3 is 1. The number of nitrogens with zero attached hydrogens (tertiary/aromatic N) is 1. The zero-order chi connectivity index (χ0) is 14.5. The van der Waals surface area contributed by atoms with Gasteiger partial charge in [-0.1, -0.05) is 0 Å². The number of nitriles is 1. The third-order valence-electron chi connectivity index (χ3n) is 2.62. The molecule has 1 aromatic heterocycles. The van der Waals surface area contributed by atoms with Crippen LogP contribution in [-0.4, -0.2) is 12.9 Å². The highest BCUT2D eigenvalue weighted by Crippen LogP contribution is 2.23. The molecule has 0 aliphatic heterocycles. The summed E-state index contributed by atoms with van der Waals surface area (Å²) >= 11 is 4.85. The smallest absolute Gasteiger partial charge is 0.203 e. The Kier molecular flexibility index (Phi) is 4.72. The van der Waals surface area contributed by atoms with Gasteiger partial charge in [-0.2, -0.15) is 5.26 Å². The molecular formula is C15H10BrNO2S. The van der Waals surface area contributed by atoms with E-state index in [2.05, 4.69) is 15.9 Å². The molecule has 2 aromatic rings. The molecule has 0 aliphatic carbocycles. The number of benzene rings is 1. The molecule has 0 saturated carbocycles. The van der Waals surface area contributed by atoms with Gasteiger partial charge in [-0.05, 0) is 63.3 Å². The average Bonchev–Trinajstić information content (AvgIpc) is 2.89. The van der Waals surface area contributed by atoms with E-state index in [9.17, 15) is 4.79 Å². The standard InChI is InChI=1S/C15H10BrNO2S/c1-19-13-4-2-11(3-5-13)15(18)12(8-17)6-10-7-14(16)20-9-10/h2-7,9H,1H3/b12-6+. The highest BCUT2D eigenvalue weighted by atomic mass is 79.9. The number of hydrogen-bond donors (Lipinski definition) is 0. The number of Topliss-reactive ketones (excluding diaryl/α,β-unsaturated/α-hetero) is 1. The molecule has 0 atom stereocenters. The molecule has 0 N–H and O–H groups in total. The fraction of sp³-hybridized carbons (Fsp3) is 0.0667. The topological polar surface area (TPSA) is 50.1 Å². The van der Waals surface area contributed by atoms with Gasteiger partial charge in [-0.3, -0.25) is 4.79 Å². The van der Waals surface area contributed by atoms with Crippen molar-refractivity contribution >= 4 is 39.1 Å². The largest absolute Gasteiger partial charge is 0.497 e. The lowest BCUT2D eigenvalue weighted by molar-refractivity contribution is 0.104. The van der Waals surface area contributed by atoms with Gasteiger partial charge >= 0.3 is 0 Å². The first-order chi connectivity index (χ1) is 9.63. The van der Waals surface area contributed by atoms with Gasteiger partial charge in [-0.25, -0.2) is 0 Å². The van der Waals surface area contributed by atoms with E-state index in [1.807, 2.05) is 17.5 Å². The molecule has 5 heteroatoms. The molecule has 0 fully saturated rings. The van der Waals surface area contributed by atoms with Crippen molar-refractivity contribution in [2.24, 2.45) is 0 Å². The predicted molar refractivity (Wildman–Crippen MR) is 82.9 cm³/mol. The number of carbonyl (C=O) groups excluding carboxylic acids is 1. The quantitative estimate of drug-likeness (QED) is 0.470. The lowest BCUT2D eigenvalue weighted by Gasteiger charge is -2.02. The first kappa shape index (κ1) is 14.5. The van der Waals surface area contributed by atoms with Crippen LogP contribution in [0.1, 0.15) is 15.9 Å². The van der Waals surface area contributed by atoms with Crippen molar-refractivity contribution in [2.75, 3.05) is 7.11 Å². The molecule has 2 rings (SSSR count). The maximum Gasteiger partial charge on any atom is 0.203 e. The summed E-state index contributed by atoms with van der Waals surface area (Å²) in [5, 5.41) is 11.0. The van der Waals surface area contributed by atoms with Gasteiger partial charge in [0.1, 0.15) is 17.4 Å². The summed E-state index contributed by atoms with van der Waals surface area (Å²) in [4.78, 5) is 12.2. The lowest BCUT2D eigenvalue weighted by Crippen LogP contribution is -2.01. The number of allylic oxidation sites excluding steroid dienone is 1. The minimum atomic E-state index is -0.294. The molecule has 0 bridgehead atoms. The number of thiophene rings is 1. The Balaban J connectivity index is 2.29. The second kappa shape index (κ2) is 6.51. The van der Waals surface area contributed by atoms with Gasteiger partial charge in [0.25, 0.3) is 0 Å². The van der Waals surface area contributed by atoms with Gasteiger partial charge in [0.05, 0.1) is 10.9 Å². The van der Waals surface area contributed by atoms with E-state index in [-0.39, 0.29) is 11.4 Å². The van der Waals surface area contributed by atoms with E-state index < -0.39 is 0 Å². The van der Waals surface area contributed by atoms with Gasteiger partial charge in [0.2, 0.25) is 5.78 Å². The van der Waals surface area contributed by atoms with E-state index in [0.29, 0.717) is 11.3 Å². The third-order valence-corrected chi connectivity index (χ3v) is 4.14. The normalized spacial score (nSPS) is 10.9. The Morgan fingerprint density at radius 2 is 2.10 bits per heavy atom. The van der Waals surface area contributed by atoms with Crippen LogP contribution in [-0.2, 0) is 0 Å². The average molecular weight is 348 g/mol. The van der Waals surface area contributed by atoms with Gasteiger partial charge in [0.15, 0.2) is 0 Å². The Morgan fingerprint density at radius 3 is 2.60 bits per heavy atom. The van der Waals surface area contributed by atoms with E-state index in [1.54, 1.807) is 37.5 Å². The molecule has 0 unspecified atom stereocenters. The Morgan fingerprint density at radius 1 is 1.40 bits per heavy atom. The molecule has 0 saturated heterocycles. The van der Waals surface area contributed by atoms with Crippen molar-refractivity contribution < 1.29 is 9.53 Å². The summed E-state index contributed by atoms with van der Waals surface area (Å²) in [5.41, 5.74) is 1.41. The highest BCUT2D eigenvalue weighted by Gasteiger charge is 2.12. The Labute approximate surface area is 129 Å². The molecule has 0 spiro atoms. The molecule has 0 amide bonds. The van der Waals surface area contributed by atoms with Crippen LogP contribution in [0.5, 0.6) is 5.75 Å². The molecular weight excluding hydrogens is 338 g/mol. The van der Waals surface area contributed by atoms with Gasteiger partial charge in [-0.15, -0.1) is 11.3 Å². The lowest BCUT2D eigenvalue weighted by atomic mass is 10.0. The van der Waals surface area contributed by atoms with E-state index in [0.717, 1.165) is 9.35 Å². The van der Waals surface area contributed by atoms with Crippen LogP contribution in [0.2, 0.25) is 0 Å². The summed E-state index contributed by atoms with van der Waals surface area (Å²) < 4.78 is 6.00. The maximum absolute atomic E-state index is 12.2. The van der Waals surface area contributed by atoms with Crippen LogP contribution >= 0.6 is 27.3 Å². The zero-order valence-corrected chi connectivity index (χ0v) is 13.0. The Hall–Kier alpha value is -1.90. The predicted octanol–water partition coefficient (Wildman–Crippen LogP) is 4.31. The number of carbonyl (C=O) groups is 1. The van der Waals surface area contributed by atoms with Crippen molar-refractivity contribution in [1.82, 2.24) is 0 Å². The summed E-state index contributed by atoms with van der Waals surface area (Å²) in [6.07, 6.45) is 1.59. The van der Waals surface area contributed by atoms with Crippen LogP contribution < -0.4 is 4.74 Å². The van der Waals surface area contributed by atoms with Crippen LogP contribution in [0.15, 0.2) is 45.1 Å². The van der Waals surface area contributed by atoms with Crippen molar-refractivity contribution in [3.05, 3.63) is 56.2 Å². The van der Waals surface area contributed by atoms with Gasteiger partial charge in [0, 0.05) is 5.56 Å². The molecule has 0 aliphatic rings. The van der Waals surface area contributed by atoms with Crippen LogP contribution in [0, 0.1) is 11.3 Å². The first-order valence-electron chi connectivity index (χ1n) is 5.68. The van der Waals surface area contributed by atoms with Crippen molar-refractivity contribution in [2.45, 2.75) is 0 Å². The number of ether oxygens (including phenoxy) is 1. The second-order valence-electron chi connectivity index (χ2n) is 3.91. The number of hydrogen-bond acceptors (Lipinski definition) is 4.